The monoisotopic (exact) mass is 415 g/mol. The van der Waals surface area contributed by atoms with Gasteiger partial charge in [0.25, 0.3) is 5.91 Å². The highest BCUT2D eigenvalue weighted by molar-refractivity contribution is 7.89. The SMILES string of the molecule is Cc1ccc(S(=O)(=O)NC2CCN(C(=O)c3ccc(N(C)C)cc3)CC2)cc1C. The van der Waals surface area contributed by atoms with Crippen LogP contribution in [0.3, 0.4) is 0 Å². The minimum atomic E-state index is -3.56. The number of piperidine rings is 1. The van der Waals surface area contributed by atoms with Crippen LogP contribution in [-0.4, -0.2) is 52.5 Å². The van der Waals surface area contributed by atoms with Gasteiger partial charge in [-0.2, -0.15) is 0 Å². The van der Waals surface area contributed by atoms with Gasteiger partial charge >= 0.3 is 0 Å². The van der Waals surface area contributed by atoms with Crippen molar-refractivity contribution in [2.75, 3.05) is 32.1 Å². The van der Waals surface area contributed by atoms with E-state index >= 15 is 0 Å². The first-order chi connectivity index (χ1) is 13.7. The molecule has 3 rings (SSSR count). The van der Waals surface area contributed by atoms with Crippen LogP contribution >= 0.6 is 0 Å². The molecule has 6 nitrogen and oxygen atoms in total. The summed E-state index contributed by atoms with van der Waals surface area (Å²) < 4.78 is 28.2. The number of hydrogen-bond acceptors (Lipinski definition) is 4. The Morgan fingerprint density at radius 2 is 1.62 bits per heavy atom. The van der Waals surface area contributed by atoms with Crippen molar-refractivity contribution >= 4 is 21.6 Å². The highest BCUT2D eigenvalue weighted by atomic mass is 32.2. The second-order valence-electron chi connectivity index (χ2n) is 7.88. The number of amides is 1. The number of likely N-dealkylation sites (tertiary alicyclic amines) is 1. The molecule has 2 aromatic carbocycles. The molecule has 1 N–H and O–H groups in total. The number of rotatable bonds is 5. The fourth-order valence-electron chi connectivity index (χ4n) is 3.45. The zero-order valence-corrected chi connectivity index (χ0v) is 18.3. The third-order valence-electron chi connectivity index (χ3n) is 5.52. The molecule has 1 fully saturated rings. The quantitative estimate of drug-likeness (QED) is 0.815. The van der Waals surface area contributed by atoms with E-state index in [0.29, 0.717) is 36.4 Å². The van der Waals surface area contributed by atoms with E-state index in [4.69, 9.17) is 0 Å². The van der Waals surface area contributed by atoms with Gasteiger partial charge in [-0.1, -0.05) is 6.07 Å². The lowest BCUT2D eigenvalue weighted by Crippen LogP contribution is -2.46. The van der Waals surface area contributed by atoms with E-state index < -0.39 is 10.0 Å². The normalized spacial score (nSPS) is 15.4. The van der Waals surface area contributed by atoms with Crippen LogP contribution in [0, 0.1) is 13.8 Å². The van der Waals surface area contributed by atoms with Crippen LogP contribution in [0.25, 0.3) is 0 Å². The molecule has 29 heavy (non-hydrogen) atoms. The molecular formula is C22H29N3O3S. The van der Waals surface area contributed by atoms with Crippen LogP contribution in [-0.2, 0) is 10.0 Å². The van der Waals surface area contributed by atoms with Crippen molar-refractivity contribution in [3.05, 3.63) is 59.2 Å². The molecule has 1 heterocycles. The molecule has 0 bridgehead atoms. The summed E-state index contributed by atoms with van der Waals surface area (Å²) in [6.45, 7) is 4.94. The van der Waals surface area contributed by atoms with Crippen molar-refractivity contribution in [3.63, 3.8) is 0 Å². The second-order valence-corrected chi connectivity index (χ2v) is 9.59. The number of hydrogen-bond donors (Lipinski definition) is 1. The van der Waals surface area contributed by atoms with Gasteiger partial charge in [0.05, 0.1) is 4.90 Å². The third-order valence-corrected chi connectivity index (χ3v) is 7.04. The van der Waals surface area contributed by atoms with E-state index in [-0.39, 0.29) is 11.9 Å². The summed E-state index contributed by atoms with van der Waals surface area (Å²) in [5, 5.41) is 0. The number of anilines is 1. The number of nitrogens with one attached hydrogen (secondary N) is 1. The lowest BCUT2D eigenvalue weighted by molar-refractivity contribution is 0.0711. The molecule has 0 atom stereocenters. The molecule has 1 amide bonds. The van der Waals surface area contributed by atoms with Crippen LogP contribution in [0.15, 0.2) is 47.4 Å². The molecular weight excluding hydrogens is 386 g/mol. The number of nitrogens with zero attached hydrogens (tertiary/aromatic N) is 2. The van der Waals surface area contributed by atoms with Gasteiger partial charge in [0.15, 0.2) is 0 Å². The van der Waals surface area contributed by atoms with E-state index in [9.17, 15) is 13.2 Å². The Hall–Kier alpha value is -2.38. The van der Waals surface area contributed by atoms with Gasteiger partial charge in [-0.3, -0.25) is 4.79 Å². The fourth-order valence-corrected chi connectivity index (χ4v) is 4.84. The largest absolute Gasteiger partial charge is 0.378 e. The van der Waals surface area contributed by atoms with Crippen molar-refractivity contribution in [2.45, 2.75) is 37.6 Å². The predicted molar refractivity (Wildman–Crippen MR) is 116 cm³/mol. The Balaban J connectivity index is 1.59. The maximum Gasteiger partial charge on any atom is 0.253 e. The summed E-state index contributed by atoms with van der Waals surface area (Å²) >= 11 is 0. The average molecular weight is 416 g/mol. The molecule has 2 aromatic rings. The Bertz CT molecular complexity index is 977. The van der Waals surface area contributed by atoms with Crippen LogP contribution in [0.1, 0.15) is 34.3 Å². The van der Waals surface area contributed by atoms with Gasteiger partial charge in [0.2, 0.25) is 10.0 Å². The maximum atomic E-state index is 12.7. The van der Waals surface area contributed by atoms with E-state index in [1.54, 1.807) is 17.0 Å². The van der Waals surface area contributed by atoms with Gasteiger partial charge in [0, 0.05) is 44.5 Å². The molecule has 0 spiro atoms. The summed E-state index contributed by atoms with van der Waals surface area (Å²) in [5.41, 5.74) is 3.72. The molecule has 1 aliphatic rings. The first kappa shape index (κ1) is 21.3. The fraction of sp³-hybridized carbons (Fsp3) is 0.409. The first-order valence-corrected chi connectivity index (χ1v) is 11.3. The van der Waals surface area contributed by atoms with Gasteiger partial charge in [-0.15, -0.1) is 0 Å². The molecule has 1 saturated heterocycles. The lowest BCUT2D eigenvalue weighted by atomic mass is 10.0. The number of carbonyl (C=O) groups excluding carboxylic acids is 1. The summed E-state index contributed by atoms with van der Waals surface area (Å²) in [6, 6.07) is 12.5. The minimum absolute atomic E-state index is 0.00854. The van der Waals surface area contributed by atoms with Crippen molar-refractivity contribution in [2.24, 2.45) is 0 Å². The number of sulfonamides is 1. The molecule has 0 aromatic heterocycles. The van der Waals surface area contributed by atoms with Crippen molar-refractivity contribution < 1.29 is 13.2 Å². The van der Waals surface area contributed by atoms with Crippen LogP contribution in [0.2, 0.25) is 0 Å². The van der Waals surface area contributed by atoms with Gasteiger partial charge in [0.1, 0.15) is 0 Å². The number of benzene rings is 2. The minimum Gasteiger partial charge on any atom is -0.378 e. The van der Waals surface area contributed by atoms with E-state index in [1.807, 2.05) is 63.2 Å². The third kappa shape index (κ3) is 4.97. The zero-order valence-electron chi connectivity index (χ0n) is 17.5. The summed E-state index contributed by atoms with van der Waals surface area (Å²) in [4.78, 5) is 16.8. The second kappa shape index (κ2) is 8.55. The molecule has 7 heteroatoms. The van der Waals surface area contributed by atoms with Gasteiger partial charge in [-0.05, 0) is 74.2 Å². The molecule has 0 aliphatic carbocycles. The van der Waals surface area contributed by atoms with Crippen LogP contribution in [0.4, 0.5) is 5.69 Å². The standard InChI is InChI=1S/C22H29N3O3S/c1-16-5-10-21(15-17(16)2)29(27,28)23-19-11-13-25(14-12-19)22(26)18-6-8-20(9-7-18)24(3)4/h5-10,15,19,23H,11-14H2,1-4H3. The van der Waals surface area contributed by atoms with Crippen molar-refractivity contribution in [1.29, 1.82) is 0 Å². The van der Waals surface area contributed by atoms with Crippen LogP contribution in [0.5, 0.6) is 0 Å². The molecule has 0 radical (unpaired) electrons. The maximum absolute atomic E-state index is 12.7. The van der Waals surface area contributed by atoms with Crippen molar-refractivity contribution in [3.8, 4) is 0 Å². The topological polar surface area (TPSA) is 69.7 Å². The lowest BCUT2D eigenvalue weighted by Gasteiger charge is -2.32. The number of aryl methyl sites for hydroxylation is 2. The Kier molecular flexibility index (Phi) is 6.29. The Morgan fingerprint density at radius 3 is 2.17 bits per heavy atom. The van der Waals surface area contributed by atoms with E-state index in [1.165, 1.54) is 0 Å². The zero-order chi connectivity index (χ0) is 21.2. The van der Waals surface area contributed by atoms with Crippen molar-refractivity contribution in [1.82, 2.24) is 9.62 Å². The highest BCUT2D eigenvalue weighted by Crippen LogP contribution is 2.20. The smallest absolute Gasteiger partial charge is 0.253 e. The van der Waals surface area contributed by atoms with Gasteiger partial charge < -0.3 is 9.80 Å². The molecule has 156 valence electrons. The number of carbonyl (C=O) groups is 1. The van der Waals surface area contributed by atoms with E-state index in [0.717, 1.165) is 16.8 Å². The Morgan fingerprint density at radius 1 is 1.00 bits per heavy atom. The molecule has 0 saturated carbocycles. The first-order valence-electron chi connectivity index (χ1n) is 9.83. The predicted octanol–water partition coefficient (Wildman–Crippen LogP) is 2.95. The Labute approximate surface area is 173 Å². The van der Waals surface area contributed by atoms with Gasteiger partial charge in [-0.25, -0.2) is 13.1 Å². The van der Waals surface area contributed by atoms with Crippen LogP contribution < -0.4 is 9.62 Å². The molecule has 1 aliphatic heterocycles. The average Bonchev–Trinajstić information content (AvgIpc) is 2.70. The summed E-state index contributed by atoms with van der Waals surface area (Å²) in [7, 11) is 0.358. The summed E-state index contributed by atoms with van der Waals surface area (Å²) in [5.74, 6) is -0.00854. The highest BCUT2D eigenvalue weighted by Gasteiger charge is 2.27. The van der Waals surface area contributed by atoms with E-state index in [2.05, 4.69) is 4.72 Å². The molecule has 0 unspecified atom stereocenters. The summed E-state index contributed by atoms with van der Waals surface area (Å²) in [6.07, 6.45) is 1.21.